The molecule has 0 aliphatic carbocycles. The number of nitriles is 2. The summed E-state index contributed by atoms with van der Waals surface area (Å²) in [5, 5.41) is 21.5. The number of anilines is 1. The zero-order valence-electron chi connectivity index (χ0n) is 14.3. The van der Waals surface area contributed by atoms with Gasteiger partial charge in [0.1, 0.15) is 12.1 Å². The van der Waals surface area contributed by atoms with Crippen LogP contribution in [0.5, 0.6) is 0 Å². The summed E-state index contributed by atoms with van der Waals surface area (Å²) in [6.07, 6.45) is 4.78. The molecule has 0 spiro atoms. The molecule has 0 aliphatic heterocycles. The van der Waals surface area contributed by atoms with Gasteiger partial charge in [-0.05, 0) is 58.0 Å². The summed E-state index contributed by atoms with van der Waals surface area (Å²) in [5.74, 6) is -0.652. The zero-order chi connectivity index (χ0) is 20.6. The first-order valence-electron chi connectivity index (χ1n) is 7.70. The maximum absolute atomic E-state index is 12.9. The molecule has 0 radical (unpaired) electrons. The molecular weight excluding hydrogens is 618 g/mol. The van der Waals surface area contributed by atoms with Gasteiger partial charge in [-0.2, -0.15) is 10.5 Å². The van der Waals surface area contributed by atoms with Crippen molar-refractivity contribution in [3.05, 3.63) is 46.8 Å². The van der Waals surface area contributed by atoms with E-state index in [2.05, 4.69) is 57.8 Å². The normalized spacial score (nSPS) is 9.85. The number of pyridine rings is 2. The van der Waals surface area contributed by atoms with Crippen LogP contribution in [0.15, 0.2) is 12.4 Å². The Morgan fingerprint density at radius 3 is 2.00 bits per heavy atom. The van der Waals surface area contributed by atoms with Gasteiger partial charge in [0.05, 0.1) is 22.9 Å². The fourth-order valence-electron chi connectivity index (χ4n) is 1.90. The minimum atomic E-state index is -0.652. The lowest BCUT2D eigenvalue weighted by molar-refractivity contribution is 0.609. The van der Waals surface area contributed by atoms with Crippen LogP contribution >= 0.6 is 68.4 Å². The van der Waals surface area contributed by atoms with E-state index in [9.17, 15) is 4.39 Å². The average Bonchev–Trinajstić information content (AvgIpc) is 2.68. The van der Waals surface area contributed by atoms with Crippen molar-refractivity contribution < 1.29 is 4.39 Å². The van der Waals surface area contributed by atoms with E-state index in [1.165, 1.54) is 12.4 Å². The molecule has 0 bridgehead atoms. The molecule has 5 nitrogen and oxygen atoms in total. The number of aromatic nitrogens is 2. The van der Waals surface area contributed by atoms with Gasteiger partial charge in [-0.1, -0.05) is 37.0 Å². The molecule has 2 aromatic rings. The quantitative estimate of drug-likeness (QED) is 0.409. The number of rotatable bonds is 4. The Morgan fingerprint density at radius 2 is 1.52 bits per heavy atom. The lowest BCUT2D eigenvalue weighted by atomic mass is 10.1. The Balaban J connectivity index is 0.000000289. The smallest absolute Gasteiger partial charge is 0.177 e. The van der Waals surface area contributed by atoms with Gasteiger partial charge in [-0.15, -0.1) is 0 Å². The molecule has 27 heavy (non-hydrogen) atoms. The molecule has 2 aromatic heterocycles. The predicted molar refractivity (Wildman–Crippen MR) is 121 cm³/mol. The van der Waals surface area contributed by atoms with Crippen LogP contribution in [0.25, 0.3) is 0 Å². The van der Waals surface area contributed by atoms with Crippen molar-refractivity contribution in [2.75, 3.05) is 5.32 Å². The Labute approximate surface area is 194 Å². The van der Waals surface area contributed by atoms with Crippen LogP contribution in [0.4, 0.5) is 10.1 Å². The second-order valence-electron chi connectivity index (χ2n) is 5.11. The summed E-state index contributed by atoms with van der Waals surface area (Å²) < 4.78 is 14.0. The zero-order valence-corrected chi connectivity index (χ0v) is 20.2. The van der Waals surface area contributed by atoms with Crippen LogP contribution < -0.4 is 5.32 Å². The molecule has 2 heterocycles. The lowest BCUT2D eigenvalue weighted by Gasteiger charge is -2.18. The van der Waals surface area contributed by atoms with Crippen molar-refractivity contribution in [1.29, 1.82) is 10.5 Å². The van der Waals surface area contributed by atoms with E-state index in [4.69, 9.17) is 33.7 Å². The number of nitrogens with zero attached hydrogens (tertiary/aromatic N) is 4. The Hall–Kier alpha value is -0.950. The SMILES string of the molecule is CCC(CC)Nc1c(C#N)ncc(Cl)c1I.N#Cc1ncc(Cl)c(I)c1F. The van der Waals surface area contributed by atoms with Crippen LogP contribution in [0.3, 0.4) is 0 Å². The first-order chi connectivity index (χ1) is 12.8. The highest BCUT2D eigenvalue weighted by Gasteiger charge is 2.14. The number of nitrogens with one attached hydrogen (secondary N) is 1. The van der Waals surface area contributed by atoms with E-state index < -0.39 is 5.82 Å². The van der Waals surface area contributed by atoms with Crippen LogP contribution in [-0.2, 0) is 0 Å². The Bertz CT molecular complexity index is 892. The van der Waals surface area contributed by atoms with Crippen molar-refractivity contribution in [3.63, 3.8) is 0 Å². The average molecular weight is 632 g/mol. The van der Waals surface area contributed by atoms with Gasteiger partial charge in [0, 0.05) is 18.4 Å². The fraction of sp³-hybridized carbons (Fsp3) is 0.294. The summed E-state index contributed by atoms with van der Waals surface area (Å²) in [7, 11) is 0. The van der Waals surface area contributed by atoms with Crippen LogP contribution in [-0.4, -0.2) is 16.0 Å². The van der Waals surface area contributed by atoms with Crippen molar-refractivity contribution in [3.8, 4) is 12.1 Å². The van der Waals surface area contributed by atoms with Crippen LogP contribution in [0.1, 0.15) is 38.1 Å². The number of hydrogen-bond acceptors (Lipinski definition) is 5. The number of hydrogen-bond donors (Lipinski definition) is 1. The molecule has 2 rings (SSSR count). The number of halogens is 5. The van der Waals surface area contributed by atoms with E-state index in [1.807, 2.05) is 0 Å². The van der Waals surface area contributed by atoms with Gasteiger partial charge in [0.2, 0.25) is 0 Å². The molecule has 0 amide bonds. The van der Waals surface area contributed by atoms with E-state index in [0.29, 0.717) is 16.8 Å². The second-order valence-corrected chi connectivity index (χ2v) is 8.08. The molecule has 0 atom stereocenters. The predicted octanol–water partition coefficient (Wildman–Crippen LogP) is 6.16. The third-order valence-corrected chi connectivity index (χ3v) is 6.82. The van der Waals surface area contributed by atoms with Crippen molar-refractivity contribution in [2.24, 2.45) is 0 Å². The maximum Gasteiger partial charge on any atom is 0.177 e. The van der Waals surface area contributed by atoms with Crippen molar-refractivity contribution in [2.45, 2.75) is 32.7 Å². The van der Waals surface area contributed by atoms with Gasteiger partial charge in [-0.3, -0.25) is 0 Å². The van der Waals surface area contributed by atoms with E-state index in [1.54, 1.807) is 28.7 Å². The van der Waals surface area contributed by atoms with Crippen molar-refractivity contribution in [1.82, 2.24) is 9.97 Å². The van der Waals surface area contributed by atoms with Gasteiger partial charge in [0.15, 0.2) is 17.2 Å². The highest BCUT2D eigenvalue weighted by atomic mass is 127. The topological polar surface area (TPSA) is 85.4 Å². The van der Waals surface area contributed by atoms with Gasteiger partial charge < -0.3 is 5.32 Å². The molecule has 0 fully saturated rings. The molecule has 0 aromatic carbocycles. The largest absolute Gasteiger partial charge is 0.379 e. The fourth-order valence-corrected chi connectivity index (χ4v) is 3.12. The third-order valence-electron chi connectivity index (χ3n) is 3.44. The van der Waals surface area contributed by atoms with Crippen molar-refractivity contribution >= 4 is 74.1 Å². The Morgan fingerprint density at radius 1 is 1.04 bits per heavy atom. The third kappa shape index (κ3) is 6.56. The monoisotopic (exact) mass is 631 g/mol. The minimum Gasteiger partial charge on any atom is -0.379 e. The van der Waals surface area contributed by atoms with Gasteiger partial charge in [0.25, 0.3) is 0 Å². The summed E-state index contributed by atoms with van der Waals surface area (Å²) in [6, 6.07) is 4.04. The summed E-state index contributed by atoms with van der Waals surface area (Å²) in [5.41, 5.74) is 0.934. The standard InChI is InChI=1S/C11H13ClIN3.C6HClFIN2/c1-3-7(4-2)16-11-9(5-14)15-6-8(12)10(11)13;7-3-2-11-4(1-10)5(8)6(3)9/h6-7,16H,3-4H2,1-2H3;2H. The van der Waals surface area contributed by atoms with Crippen LogP contribution in [0.2, 0.25) is 10.0 Å². The Kier molecular flexibility index (Phi) is 10.5. The maximum atomic E-state index is 12.9. The van der Waals surface area contributed by atoms with Gasteiger partial charge in [-0.25, -0.2) is 14.4 Å². The second kappa shape index (κ2) is 11.8. The molecule has 142 valence electrons. The van der Waals surface area contributed by atoms with Gasteiger partial charge >= 0.3 is 0 Å². The summed E-state index contributed by atoms with van der Waals surface area (Å²) in [4.78, 5) is 7.50. The minimum absolute atomic E-state index is 0.223. The lowest BCUT2D eigenvalue weighted by Crippen LogP contribution is -2.19. The van der Waals surface area contributed by atoms with E-state index >= 15 is 0 Å². The molecule has 10 heteroatoms. The molecule has 0 saturated carbocycles. The first-order valence-corrected chi connectivity index (χ1v) is 10.6. The first kappa shape index (κ1) is 24.1. The van der Waals surface area contributed by atoms with Crippen LogP contribution in [0, 0.1) is 35.6 Å². The molecule has 0 saturated heterocycles. The molecular formula is C17H14Cl2FI2N5. The molecule has 0 unspecified atom stereocenters. The highest BCUT2D eigenvalue weighted by Crippen LogP contribution is 2.29. The molecule has 1 N–H and O–H groups in total. The highest BCUT2D eigenvalue weighted by molar-refractivity contribution is 14.1. The van der Waals surface area contributed by atoms with E-state index in [0.717, 1.165) is 22.1 Å². The summed E-state index contributed by atoms with van der Waals surface area (Å²) >= 11 is 15.4. The molecule has 0 aliphatic rings. The van der Waals surface area contributed by atoms with E-state index in [-0.39, 0.29) is 14.3 Å². The summed E-state index contributed by atoms with van der Waals surface area (Å²) in [6.45, 7) is 4.22.